The van der Waals surface area contributed by atoms with Crippen molar-refractivity contribution >= 4 is 38.4 Å². The van der Waals surface area contributed by atoms with E-state index in [0.29, 0.717) is 0 Å². The number of aromatic nitrogens is 2. The van der Waals surface area contributed by atoms with Crippen molar-refractivity contribution in [3.8, 4) is 22.4 Å². The molecule has 0 saturated carbocycles. The number of nitrogens with zero attached hydrogens (tertiary/aromatic N) is 2. The lowest BCUT2D eigenvalue weighted by Crippen LogP contribution is -2.15. The smallest absolute Gasteiger partial charge is 0.266 e. The van der Waals surface area contributed by atoms with E-state index in [1.54, 1.807) is 0 Å². The van der Waals surface area contributed by atoms with Crippen LogP contribution in [0.5, 0.6) is 0 Å². The summed E-state index contributed by atoms with van der Waals surface area (Å²) in [6.45, 7) is 0. The Labute approximate surface area is 219 Å². The lowest BCUT2D eigenvalue weighted by Gasteiger charge is -2.13. The minimum absolute atomic E-state index is 0.0254. The van der Waals surface area contributed by atoms with Crippen LogP contribution in [0.1, 0.15) is 18.4 Å². The number of rotatable bonds is 3. The van der Waals surface area contributed by atoms with Gasteiger partial charge in [0.15, 0.2) is 0 Å². The molecule has 0 unspecified atom stereocenters. The topological polar surface area (TPSA) is 25.9 Å². The number of hydrogen-bond acceptors (Lipinski definition) is 1. The highest BCUT2D eigenvalue weighted by molar-refractivity contribution is 6.20. The Balaban J connectivity index is 1.66. The van der Waals surface area contributed by atoms with E-state index in [9.17, 15) is 4.79 Å². The Morgan fingerprint density at radius 1 is 0.632 bits per heavy atom. The van der Waals surface area contributed by atoms with Gasteiger partial charge in [0, 0.05) is 16.3 Å². The van der Waals surface area contributed by atoms with E-state index < -0.39 is 0 Å². The van der Waals surface area contributed by atoms with Crippen LogP contribution < -0.4 is 5.56 Å². The first-order valence-corrected chi connectivity index (χ1v) is 13.1. The van der Waals surface area contributed by atoms with Crippen molar-refractivity contribution < 1.29 is 0 Å². The summed E-state index contributed by atoms with van der Waals surface area (Å²) >= 11 is 0. The van der Waals surface area contributed by atoms with Gasteiger partial charge in [-0.05, 0) is 59.4 Å². The maximum atomic E-state index is 14.1. The van der Waals surface area contributed by atoms with Gasteiger partial charge in [-0.2, -0.15) is 0 Å². The summed E-state index contributed by atoms with van der Waals surface area (Å²) in [6.07, 6.45) is 8.67. The molecule has 0 bridgehead atoms. The first-order valence-electron chi connectivity index (χ1n) is 13.1. The Morgan fingerprint density at radius 2 is 1.34 bits per heavy atom. The molecule has 7 aromatic rings. The molecule has 1 aliphatic rings. The van der Waals surface area contributed by atoms with Crippen LogP contribution in [0.3, 0.4) is 0 Å². The molecule has 0 saturated heterocycles. The molecule has 8 rings (SSSR count). The summed E-state index contributed by atoms with van der Waals surface area (Å²) in [5.74, 6) is 0. The second kappa shape index (κ2) is 8.06. The molecule has 3 aromatic heterocycles. The lowest BCUT2D eigenvalue weighted by atomic mass is 9.94. The zero-order valence-electron chi connectivity index (χ0n) is 20.8. The zero-order chi connectivity index (χ0) is 25.2. The van der Waals surface area contributed by atoms with Crippen LogP contribution in [-0.4, -0.2) is 8.80 Å². The highest BCUT2D eigenvalue weighted by Crippen LogP contribution is 2.46. The molecular weight excluding hydrogens is 464 g/mol. The van der Waals surface area contributed by atoms with Gasteiger partial charge < -0.3 is 0 Å². The zero-order valence-corrected chi connectivity index (χ0v) is 20.8. The van der Waals surface area contributed by atoms with E-state index in [1.807, 2.05) is 22.6 Å². The largest absolute Gasteiger partial charge is 0.293 e. The van der Waals surface area contributed by atoms with Gasteiger partial charge in [-0.15, -0.1) is 0 Å². The van der Waals surface area contributed by atoms with Crippen LogP contribution in [0.4, 0.5) is 0 Å². The van der Waals surface area contributed by atoms with Crippen molar-refractivity contribution in [3.05, 3.63) is 137 Å². The van der Waals surface area contributed by atoms with Gasteiger partial charge in [-0.1, -0.05) is 97.1 Å². The third-order valence-electron chi connectivity index (χ3n) is 7.94. The molecule has 3 heterocycles. The minimum Gasteiger partial charge on any atom is -0.293 e. The van der Waals surface area contributed by atoms with E-state index in [-0.39, 0.29) is 5.56 Å². The first-order chi connectivity index (χ1) is 18.8. The fraction of sp³-hybridized carbons (Fsp3) is 0.0571. The van der Waals surface area contributed by atoms with Crippen molar-refractivity contribution in [1.82, 2.24) is 8.80 Å². The number of fused-ring (bicyclic) bond motifs is 5. The van der Waals surface area contributed by atoms with Crippen molar-refractivity contribution in [1.29, 1.82) is 0 Å². The average Bonchev–Trinajstić information content (AvgIpc) is 3.51. The Morgan fingerprint density at radius 3 is 2.11 bits per heavy atom. The molecule has 0 spiro atoms. The molecule has 0 amide bonds. The number of benzene rings is 4. The van der Waals surface area contributed by atoms with Crippen molar-refractivity contribution in [2.45, 2.75) is 12.8 Å². The van der Waals surface area contributed by atoms with Crippen LogP contribution in [0, 0.1) is 0 Å². The number of para-hydroxylation sites is 1. The Bertz CT molecular complexity index is 2130. The summed E-state index contributed by atoms with van der Waals surface area (Å²) in [7, 11) is 0. The molecule has 0 N–H and O–H groups in total. The fourth-order valence-corrected chi connectivity index (χ4v) is 6.28. The van der Waals surface area contributed by atoms with Crippen molar-refractivity contribution in [3.63, 3.8) is 0 Å². The Kier molecular flexibility index (Phi) is 4.50. The minimum atomic E-state index is 0.0254. The molecule has 0 radical (unpaired) electrons. The van der Waals surface area contributed by atoms with Crippen LogP contribution in [0.2, 0.25) is 0 Å². The molecule has 3 nitrogen and oxygen atoms in total. The fourth-order valence-electron chi connectivity index (χ4n) is 6.28. The van der Waals surface area contributed by atoms with Gasteiger partial charge in [0.2, 0.25) is 0 Å². The quantitative estimate of drug-likeness (QED) is 0.245. The van der Waals surface area contributed by atoms with Gasteiger partial charge in [-0.3, -0.25) is 13.6 Å². The average molecular weight is 489 g/mol. The van der Waals surface area contributed by atoms with Gasteiger partial charge in [0.1, 0.15) is 5.65 Å². The van der Waals surface area contributed by atoms with Crippen molar-refractivity contribution in [2.24, 2.45) is 0 Å². The maximum Gasteiger partial charge on any atom is 0.266 e. The third kappa shape index (κ3) is 2.87. The molecular formula is C35H24N2O. The van der Waals surface area contributed by atoms with Crippen LogP contribution in [0.25, 0.3) is 60.8 Å². The molecule has 1 aliphatic carbocycles. The molecule has 180 valence electrons. The van der Waals surface area contributed by atoms with E-state index in [2.05, 4.69) is 108 Å². The second-order valence-corrected chi connectivity index (χ2v) is 10.0. The molecule has 0 atom stereocenters. The van der Waals surface area contributed by atoms with E-state index in [0.717, 1.165) is 68.1 Å². The van der Waals surface area contributed by atoms with E-state index >= 15 is 0 Å². The molecule has 0 aliphatic heterocycles. The Hall–Kier alpha value is -4.89. The number of allylic oxidation sites excluding steroid dienone is 4. The summed E-state index contributed by atoms with van der Waals surface area (Å²) in [6, 6.07) is 35.8. The standard InChI is InChI=1S/C35H24N2O/c38-35-27-18-10-11-19-29(27)36-33(25-16-8-3-9-17-25)31(24-14-6-2-7-15-24)32-28-22-26(23-12-4-1-5-13-23)20-21-30(28)37(35)34(32)36/h1-4,6-12,14-22H,5,13H2. The van der Waals surface area contributed by atoms with Crippen LogP contribution in [-0.2, 0) is 0 Å². The predicted molar refractivity (Wildman–Crippen MR) is 158 cm³/mol. The molecule has 3 heteroatoms. The summed E-state index contributed by atoms with van der Waals surface area (Å²) in [5, 5.41) is 2.96. The molecule has 0 fully saturated rings. The normalized spacial score (nSPS) is 13.7. The predicted octanol–water partition coefficient (Wildman–Crippen LogP) is 8.36. The van der Waals surface area contributed by atoms with Gasteiger partial charge in [0.05, 0.1) is 22.1 Å². The maximum absolute atomic E-state index is 14.1. The van der Waals surface area contributed by atoms with Gasteiger partial charge in [-0.25, -0.2) is 0 Å². The summed E-state index contributed by atoms with van der Waals surface area (Å²) < 4.78 is 4.25. The van der Waals surface area contributed by atoms with Gasteiger partial charge >= 0.3 is 0 Å². The van der Waals surface area contributed by atoms with E-state index in [1.165, 1.54) is 11.1 Å². The van der Waals surface area contributed by atoms with Crippen LogP contribution in [0.15, 0.2) is 126 Å². The SMILES string of the molecule is O=c1c2ccccc2n2c(-c3ccccc3)c(-c3ccccc3)c3c4cc(C5=CC=CCC5)ccc4n1c32. The number of hydrogen-bond donors (Lipinski definition) is 0. The van der Waals surface area contributed by atoms with Crippen molar-refractivity contribution in [2.75, 3.05) is 0 Å². The highest BCUT2D eigenvalue weighted by Gasteiger charge is 2.27. The summed E-state index contributed by atoms with van der Waals surface area (Å²) in [4.78, 5) is 14.1. The van der Waals surface area contributed by atoms with Crippen LogP contribution >= 0.6 is 0 Å². The lowest BCUT2D eigenvalue weighted by molar-refractivity contribution is 1.05. The summed E-state index contributed by atoms with van der Waals surface area (Å²) in [5.41, 5.74) is 9.96. The third-order valence-corrected chi connectivity index (χ3v) is 7.94. The molecule has 4 aromatic carbocycles. The van der Waals surface area contributed by atoms with E-state index in [4.69, 9.17) is 0 Å². The second-order valence-electron chi connectivity index (χ2n) is 10.0. The monoisotopic (exact) mass is 488 g/mol. The highest BCUT2D eigenvalue weighted by atomic mass is 16.1. The molecule has 38 heavy (non-hydrogen) atoms. The first kappa shape index (κ1) is 21.2. The van der Waals surface area contributed by atoms with Gasteiger partial charge in [0.25, 0.3) is 5.56 Å².